The van der Waals surface area contributed by atoms with Crippen LogP contribution in [0.25, 0.3) is 0 Å². The van der Waals surface area contributed by atoms with Crippen molar-refractivity contribution in [2.75, 3.05) is 26.2 Å². The molecular weight excluding hydrogens is 415 g/mol. The van der Waals surface area contributed by atoms with Gasteiger partial charge in [0.05, 0.1) is 5.41 Å². The summed E-state index contributed by atoms with van der Waals surface area (Å²) < 4.78 is 13.5. The Hall–Kier alpha value is -2.24. The Bertz CT molecular complexity index is 950. The number of rotatable bonds is 9. The van der Waals surface area contributed by atoms with Gasteiger partial charge in [-0.2, -0.15) is 0 Å². The van der Waals surface area contributed by atoms with Gasteiger partial charge in [0.15, 0.2) is 0 Å². The van der Waals surface area contributed by atoms with E-state index in [1.54, 1.807) is 12.1 Å². The fraction of sp³-hybridized carbons (Fsp3) is 0.536. The molecule has 4 nitrogen and oxygen atoms in total. The Morgan fingerprint density at radius 2 is 1.73 bits per heavy atom. The Kier molecular flexibility index (Phi) is 6.28. The van der Waals surface area contributed by atoms with E-state index in [1.807, 2.05) is 12.1 Å². The van der Waals surface area contributed by atoms with Crippen LogP contribution in [0.1, 0.15) is 55.6 Å². The highest BCUT2D eigenvalue weighted by Gasteiger charge is 2.47. The molecule has 33 heavy (non-hydrogen) atoms. The SMILES string of the molecule is O=C(O)C1(CN2CCC(CNC3CC3c3ccccc3)(Cc3ccc(F)cc3)CC2)CCC1. The summed E-state index contributed by atoms with van der Waals surface area (Å²) in [6.07, 6.45) is 6.84. The van der Waals surface area contributed by atoms with Crippen LogP contribution in [0, 0.1) is 16.6 Å². The number of likely N-dealkylation sites (tertiary alicyclic amines) is 1. The molecular formula is C28H35FN2O2. The molecule has 1 aliphatic heterocycles. The fourth-order valence-electron chi connectivity index (χ4n) is 5.94. The van der Waals surface area contributed by atoms with Crippen molar-refractivity contribution < 1.29 is 14.3 Å². The molecule has 0 radical (unpaired) electrons. The maximum atomic E-state index is 13.5. The summed E-state index contributed by atoms with van der Waals surface area (Å²) in [5.74, 6) is -0.216. The zero-order valence-corrected chi connectivity index (χ0v) is 19.3. The second-order valence-corrected chi connectivity index (χ2v) is 10.8. The molecule has 5 rings (SSSR count). The zero-order chi connectivity index (χ0) is 22.9. The van der Waals surface area contributed by atoms with Crippen molar-refractivity contribution in [1.82, 2.24) is 10.2 Å². The Balaban J connectivity index is 1.23. The third kappa shape index (κ3) is 4.99. The summed E-state index contributed by atoms with van der Waals surface area (Å²) in [5, 5.41) is 13.6. The first-order chi connectivity index (χ1) is 16.0. The van der Waals surface area contributed by atoms with Crippen LogP contribution < -0.4 is 5.32 Å². The lowest BCUT2D eigenvalue weighted by molar-refractivity contribution is -0.156. The van der Waals surface area contributed by atoms with Gasteiger partial charge in [-0.05, 0) is 80.3 Å². The molecule has 2 unspecified atom stereocenters. The predicted octanol–water partition coefficient (Wildman–Crippen LogP) is 4.85. The maximum absolute atomic E-state index is 13.5. The van der Waals surface area contributed by atoms with E-state index in [-0.39, 0.29) is 11.2 Å². The molecule has 0 bridgehead atoms. The van der Waals surface area contributed by atoms with E-state index in [9.17, 15) is 14.3 Å². The molecule has 0 spiro atoms. The average molecular weight is 451 g/mol. The van der Waals surface area contributed by atoms with Gasteiger partial charge in [0.2, 0.25) is 0 Å². The van der Waals surface area contributed by atoms with Crippen LogP contribution >= 0.6 is 0 Å². The molecule has 1 heterocycles. The summed E-state index contributed by atoms with van der Waals surface area (Å²) in [6, 6.07) is 18.2. The fourth-order valence-corrected chi connectivity index (χ4v) is 5.94. The molecule has 2 aliphatic carbocycles. The number of carbonyl (C=O) groups is 1. The van der Waals surface area contributed by atoms with Crippen molar-refractivity contribution in [3.8, 4) is 0 Å². The number of aliphatic carboxylic acids is 1. The summed E-state index contributed by atoms with van der Waals surface area (Å²) in [7, 11) is 0. The van der Waals surface area contributed by atoms with Gasteiger partial charge in [-0.3, -0.25) is 4.79 Å². The van der Waals surface area contributed by atoms with Crippen LogP contribution in [-0.4, -0.2) is 48.2 Å². The highest BCUT2D eigenvalue weighted by atomic mass is 19.1. The largest absolute Gasteiger partial charge is 0.481 e. The second-order valence-electron chi connectivity index (χ2n) is 10.8. The standard InChI is InChI=1S/C28H35FN2O2/c29-23-9-7-21(8-10-23)18-27(19-30-25-17-24(25)22-5-2-1-3-6-22)13-15-31(16-14-27)20-28(26(32)33)11-4-12-28/h1-3,5-10,24-25,30H,4,11-20H2,(H,32,33). The number of halogens is 1. The van der Waals surface area contributed by atoms with Crippen LogP contribution in [0.15, 0.2) is 54.6 Å². The van der Waals surface area contributed by atoms with Gasteiger partial charge in [-0.1, -0.05) is 48.9 Å². The number of nitrogens with zero attached hydrogens (tertiary/aromatic N) is 1. The first-order valence-corrected chi connectivity index (χ1v) is 12.5. The molecule has 1 saturated heterocycles. The minimum atomic E-state index is -0.626. The smallest absolute Gasteiger partial charge is 0.310 e. The normalized spacial score (nSPS) is 25.8. The average Bonchev–Trinajstić information content (AvgIpc) is 3.58. The molecule has 2 atom stereocenters. The summed E-state index contributed by atoms with van der Waals surface area (Å²) in [5.41, 5.74) is 2.19. The van der Waals surface area contributed by atoms with Crippen molar-refractivity contribution in [3.05, 3.63) is 71.5 Å². The minimum Gasteiger partial charge on any atom is -0.481 e. The van der Waals surface area contributed by atoms with Crippen LogP contribution in [0.2, 0.25) is 0 Å². The molecule has 2 aromatic rings. The van der Waals surface area contributed by atoms with Crippen LogP contribution in [-0.2, 0) is 11.2 Å². The molecule has 2 N–H and O–H groups in total. The predicted molar refractivity (Wildman–Crippen MR) is 128 cm³/mol. The third-order valence-corrected chi connectivity index (χ3v) is 8.46. The summed E-state index contributed by atoms with van der Waals surface area (Å²) >= 11 is 0. The van der Waals surface area contributed by atoms with E-state index < -0.39 is 11.4 Å². The second kappa shape index (κ2) is 9.19. The highest BCUT2D eigenvalue weighted by Crippen LogP contribution is 2.45. The quantitative estimate of drug-likeness (QED) is 0.573. The first-order valence-electron chi connectivity index (χ1n) is 12.5. The van der Waals surface area contributed by atoms with E-state index in [1.165, 1.54) is 17.5 Å². The topological polar surface area (TPSA) is 52.6 Å². The third-order valence-electron chi connectivity index (χ3n) is 8.46. The van der Waals surface area contributed by atoms with Crippen molar-refractivity contribution in [1.29, 1.82) is 0 Å². The van der Waals surface area contributed by atoms with Crippen LogP contribution in [0.5, 0.6) is 0 Å². The van der Waals surface area contributed by atoms with Gasteiger partial charge in [-0.15, -0.1) is 0 Å². The van der Waals surface area contributed by atoms with Crippen LogP contribution in [0.4, 0.5) is 4.39 Å². The number of hydrogen-bond acceptors (Lipinski definition) is 3. The number of benzene rings is 2. The van der Waals surface area contributed by atoms with Crippen molar-refractivity contribution in [3.63, 3.8) is 0 Å². The Morgan fingerprint density at radius 3 is 2.33 bits per heavy atom. The Labute approximate surface area is 196 Å². The minimum absolute atomic E-state index is 0.119. The van der Waals surface area contributed by atoms with Gasteiger partial charge in [0.1, 0.15) is 5.82 Å². The van der Waals surface area contributed by atoms with Gasteiger partial charge >= 0.3 is 5.97 Å². The van der Waals surface area contributed by atoms with Gasteiger partial charge in [-0.25, -0.2) is 4.39 Å². The van der Waals surface area contributed by atoms with Crippen molar-refractivity contribution in [2.45, 2.75) is 56.9 Å². The molecule has 2 saturated carbocycles. The summed E-state index contributed by atoms with van der Waals surface area (Å²) in [4.78, 5) is 14.2. The lowest BCUT2D eigenvalue weighted by Crippen LogP contribution is -2.52. The molecule has 0 amide bonds. The molecule has 0 aromatic heterocycles. The van der Waals surface area contributed by atoms with Gasteiger partial charge in [0, 0.05) is 25.0 Å². The van der Waals surface area contributed by atoms with E-state index >= 15 is 0 Å². The maximum Gasteiger partial charge on any atom is 0.310 e. The highest BCUT2D eigenvalue weighted by molar-refractivity contribution is 5.76. The van der Waals surface area contributed by atoms with E-state index in [2.05, 4.69) is 40.5 Å². The van der Waals surface area contributed by atoms with Crippen LogP contribution in [0.3, 0.4) is 0 Å². The lowest BCUT2D eigenvalue weighted by atomic mass is 9.67. The number of carboxylic acids is 1. The lowest BCUT2D eigenvalue weighted by Gasteiger charge is -2.47. The number of hydrogen-bond donors (Lipinski definition) is 2. The van der Waals surface area contributed by atoms with Crippen molar-refractivity contribution >= 4 is 5.97 Å². The van der Waals surface area contributed by atoms with E-state index in [0.717, 1.165) is 58.2 Å². The number of piperidine rings is 1. The van der Waals surface area contributed by atoms with Gasteiger partial charge < -0.3 is 15.3 Å². The van der Waals surface area contributed by atoms with E-state index in [4.69, 9.17) is 0 Å². The molecule has 2 aromatic carbocycles. The monoisotopic (exact) mass is 450 g/mol. The first kappa shape index (κ1) is 22.5. The number of carboxylic acid groups (broad SMARTS) is 1. The zero-order valence-electron chi connectivity index (χ0n) is 19.3. The molecule has 3 aliphatic rings. The number of nitrogens with one attached hydrogen (secondary N) is 1. The van der Waals surface area contributed by atoms with Gasteiger partial charge in [0.25, 0.3) is 0 Å². The Morgan fingerprint density at radius 1 is 1.03 bits per heavy atom. The molecule has 3 fully saturated rings. The van der Waals surface area contributed by atoms with E-state index in [0.29, 0.717) is 18.5 Å². The summed E-state index contributed by atoms with van der Waals surface area (Å²) in [6.45, 7) is 3.51. The molecule has 5 heteroatoms. The molecule has 176 valence electrons. The van der Waals surface area contributed by atoms with Crippen molar-refractivity contribution in [2.24, 2.45) is 10.8 Å².